The van der Waals surface area contributed by atoms with E-state index < -0.39 is 0 Å². The summed E-state index contributed by atoms with van der Waals surface area (Å²) < 4.78 is 1.16. The largest absolute Gasteiger partial charge is 0.368 e. The first kappa shape index (κ1) is 10.8. The molecule has 0 bridgehead atoms. The van der Waals surface area contributed by atoms with Crippen molar-refractivity contribution in [3.8, 4) is 0 Å². The van der Waals surface area contributed by atoms with Crippen LogP contribution in [0.25, 0.3) is 0 Å². The molecule has 0 atom stereocenters. The number of hydrogen-bond donors (Lipinski definition) is 0. The molecule has 1 aromatic rings. The fourth-order valence-electron chi connectivity index (χ4n) is 2.16. The second-order valence-corrected chi connectivity index (χ2v) is 4.71. The molecule has 15 heavy (non-hydrogen) atoms. The van der Waals surface area contributed by atoms with Crippen molar-refractivity contribution in [1.29, 1.82) is 0 Å². The van der Waals surface area contributed by atoms with Crippen molar-refractivity contribution < 1.29 is 0 Å². The molecule has 1 aromatic carbocycles. The number of likely N-dealkylation sites (N-methyl/N-ethyl adjacent to an activating group) is 2. The highest BCUT2D eigenvalue weighted by molar-refractivity contribution is 9.10. The van der Waals surface area contributed by atoms with E-state index in [1.807, 2.05) is 0 Å². The Bertz CT molecular complexity index is 351. The van der Waals surface area contributed by atoms with Gasteiger partial charge in [-0.25, -0.2) is 0 Å². The highest BCUT2D eigenvalue weighted by atomic mass is 79.9. The Kier molecular flexibility index (Phi) is 3.19. The Morgan fingerprint density at radius 2 is 1.67 bits per heavy atom. The molecule has 0 saturated carbocycles. The van der Waals surface area contributed by atoms with Crippen LogP contribution in [-0.4, -0.2) is 26.2 Å². The molecule has 1 aliphatic heterocycles. The van der Waals surface area contributed by atoms with E-state index in [-0.39, 0.29) is 0 Å². The van der Waals surface area contributed by atoms with E-state index in [1.54, 1.807) is 0 Å². The summed E-state index contributed by atoms with van der Waals surface area (Å²) in [5.41, 5.74) is 2.73. The van der Waals surface area contributed by atoms with Gasteiger partial charge in [-0.05, 0) is 32.0 Å². The second-order valence-electron chi connectivity index (χ2n) is 3.79. The maximum atomic E-state index is 3.54. The second kappa shape index (κ2) is 4.44. The molecule has 0 N–H and O–H groups in total. The van der Waals surface area contributed by atoms with E-state index in [1.165, 1.54) is 11.4 Å². The standard InChI is InChI=1S/C12H17BrN2/c1-3-14-7-8-15(4-2)12-9-10(13)5-6-11(12)14/h5-6,9H,3-4,7-8H2,1-2H3. The lowest BCUT2D eigenvalue weighted by Gasteiger charge is -2.38. The van der Waals surface area contributed by atoms with Crippen LogP contribution in [0.5, 0.6) is 0 Å². The molecule has 0 spiro atoms. The van der Waals surface area contributed by atoms with Gasteiger partial charge in [0.1, 0.15) is 0 Å². The smallest absolute Gasteiger partial charge is 0.0615 e. The zero-order valence-corrected chi connectivity index (χ0v) is 10.9. The summed E-state index contributed by atoms with van der Waals surface area (Å²) in [5, 5.41) is 0. The monoisotopic (exact) mass is 268 g/mol. The SMILES string of the molecule is CCN1CCN(CC)c2cc(Br)ccc21. The molecule has 1 aliphatic rings. The lowest BCUT2D eigenvalue weighted by molar-refractivity contribution is 0.722. The Hall–Kier alpha value is -0.700. The summed E-state index contributed by atoms with van der Waals surface area (Å²) in [4.78, 5) is 4.88. The van der Waals surface area contributed by atoms with Crippen LogP contribution in [0.3, 0.4) is 0 Å². The number of hydrogen-bond acceptors (Lipinski definition) is 2. The molecule has 2 rings (SSSR count). The molecule has 2 nitrogen and oxygen atoms in total. The lowest BCUT2D eigenvalue weighted by atomic mass is 10.1. The minimum absolute atomic E-state index is 1.08. The van der Waals surface area contributed by atoms with Gasteiger partial charge in [0.2, 0.25) is 0 Å². The van der Waals surface area contributed by atoms with Gasteiger partial charge in [0.15, 0.2) is 0 Å². The molecule has 0 saturated heterocycles. The minimum Gasteiger partial charge on any atom is -0.368 e. The lowest BCUT2D eigenvalue weighted by Crippen LogP contribution is -2.40. The zero-order chi connectivity index (χ0) is 10.8. The number of rotatable bonds is 2. The van der Waals surface area contributed by atoms with Crippen molar-refractivity contribution in [2.45, 2.75) is 13.8 Å². The molecule has 0 unspecified atom stereocenters. The van der Waals surface area contributed by atoms with Gasteiger partial charge in [0.05, 0.1) is 11.4 Å². The highest BCUT2D eigenvalue weighted by Crippen LogP contribution is 2.34. The fraction of sp³-hybridized carbons (Fsp3) is 0.500. The molecule has 82 valence electrons. The topological polar surface area (TPSA) is 6.48 Å². The first-order valence-electron chi connectivity index (χ1n) is 5.55. The number of benzene rings is 1. The predicted molar refractivity (Wildman–Crippen MR) is 69.9 cm³/mol. The van der Waals surface area contributed by atoms with Crippen LogP contribution in [0.1, 0.15) is 13.8 Å². The summed E-state index contributed by atoms with van der Waals surface area (Å²) >= 11 is 3.54. The molecule has 0 amide bonds. The third-order valence-corrected chi connectivity index (χ3v) is 3.52. The summed E-state index contributed by atoms with van der Waals surface area (Å²) in [5.74, 6) is 0. The van der Waals surface area contributed by atoms with Crippen molar-refractivity contribution in [2.24, 2.45) is 0 Å². The highest BCUT2D eigenvalue weighted by Gasteiger charge is 2.20. The van der Waals surface area contributed by atoms with Crippen LogP contribution in [0.15, 0.2) is 22.7 Å². The summed E-state index contributed by atoms with van der Waals surface area (Å²) in [6.07, 6.45) is 0. The van der Waals surface area contributed by atoms with Crippen molar-refractivity contribution in [1.82, 2.24) is 0 Å². The van der Waals surface area contributed by atoms with Gasteiger partial charge < -0.3 is 9.80 Å². The van der Waals surface area contributed by atoms with E-state index in [9.17, 15) is 0 Å². The quantitative estimate of drug-likeness (QED) is 0.814. The molecule has 0 aliphatic carbocycles. The van der Waals surface area contributed by atoms with Gasteiger partial charge in [0.25, 0.3) is 0 Å². The molecule has 3 heteroatoms. The first-order valence-corrected chi connectivity index (χ1v) is 6.35. The molecule has 0 radical (unpaired) electrons. The van der Waals surface area contributed by atoms with Gasteiger partial charge >= 0.3 is 0 Å². The zero-order valence-electron chi connectivity index (χ0n) is 9.33. The molecule has 0 fully saturated rings. The first-order chi connectivity index (χ1) is 7.26. The van der Waals surface area contributed by atoms with Crippen molar-refractivity contribution in [2.75, 3.05) is 36.0 Å². The van der Waals surface area contributed by atoms with E-state index in [0.29, 0.717) is 0 Å². The Balaban J connectivity index is 2.43. The van der Waals surface area contributed by atoms with Crippen molar-refractivity contribution in [3.63, 3.8) is 0 Å². The Morgan fingerprint density at radius 1 is 1.07 bits per heavy atom. The number of halogens is 1. The van der Waals surface area contributed by atoms with Crippen LogP contribution in [0.2, 0.25) is 0 Å². The molecular weight excluding hydrogens is 252 g/mol. The third-order valence-electron chi connectivity index (χ3n) is 3.02. The van der Waals surface area contributed by atoms with Gasteiger partial charge in [-0.15, -0.1) is 0 Å². The van der Waals surface area contributed by atoms with Gasteiger partial charge in [-0.1, -0.05) is 15.9 Å². The maximum absolute atomic E-state index is 3.54. The number of fused-ring (bicyclic) bond motifs is 1. The van der Waals surface area contributed by atoms with Gasteiger partial charge in [0, 0.05) is 30.7 Å². The average Bonchev–Trinajstić information content (AvgIpc) is 2.27. The number of anilines is 2. The van der Waals surface area contributed by atoms with Crippen LogP contribution >= 0.6 is 15.9 Å². The molecular formula is C12H17BrN2. The average molecular weight is 269 g/mol. The van der Waals surface area contributed by atoms with Crippen LogP contribution in [0, 0.1) is 0 Å². The van der Waals surface area contributed by atoms with Gasteiger partial charge in [-0.3, -0.25) is 0 Å². The van der Waals surface area contributed by atoms with Crippen LogP contribution < -0.4 is 9.80 Å². The summed E-state index contributed by atoms with van der Waals surface area (Å²) in [7, 11) is 0. The van der Waals surface area contributed by atoms with Crippen LogP contribution in [0.4, 0.5) is 11.4 Å². The minimum atomic E-state index is 1.08. The third kappa shape index (κ3) is 1.98. The van der Waals surface area contributed by atoms with Gasteiger partial charge in [-0.2, -0.15) is 0 Å². The van der Waals surface area contributed by atoms with Crippen LogP contribution in [-0.2, 0) is 0 Å². The molecule has 1 heterocycles. The fourth-order valence-corrected chi connectivity index (χ4v) is 2.51. The van der Waals surface area contributed by atoms with E-state index in [0.717, 1.165) is 30.7 Å². The van der Waals surface area contributed by atoms with E-state index >= 15 is 0 Å². The van der Waals surface area contributed by atoms with E-state index in [4.69, 9.17) is 0 Å². The van der Waals surface area contributed by atoms with Crippen molar-refractivity contribution in [3.05, 3.63) is 22.7 Å². The maximum Gasteiger partial charge on any atom is 0.0615 e. The number of nitrogens with zero attached hydrogens (tertiary/aromatic N) is 2. The predicted octanol–water partition coefficient (Wildman–Crippen LogP) is 3.12. The normalized spacial score (nSPS) is 15.4. The van der Waals surface area contributed by atoms with Crippen molar-refractivity contribution >= 4 is 27.3 Å². The summed E-state index contributed by atoms with van der Waals surface area (Å²) in [6.45, 7) is 8.87. The Morgan fingerprint density at radius 3 is 2.27 bits per heavy atom. The Labute approximate surface area is 100 Å². The van der Waals surface area contributed by atoms with E-state index in [2.05, 4.69) is 57.8 Å². The molecule has 0 aromatic heterocycles. The summed E-state index contributed by atoms with van der Waals surface area (Å²) in [6, 6.07) is 6.56.